The molecule has 26 heavy (non-hydrogen) atoms. The number of hydrogen-bond acceptors (Lipinski definition) is 4. The summed E-state index contributed by atoms with van der Waals surface area (Å²) in [6, 6.07) is 9.33. The van der Waals surface area contributed by atoms with Gasteiger partial charge >= 0.3 is 0 Å². The minimum atomic E-state index is 0. The lowest BCUT2D eigenvalue weighted by Crippen LogP contribution is -2.38. The smallest absolute Gasteiger partial charge is 0.193 e. The van der Waals surface area contributed by atoms with E-state index in [9.17, 15) is 5.11 Å². The molecule has 1 aromatic heterocycles. The molecule has 2 aromatic rings. The van der Waals surface area contributed by atoms with Crippen LogP contribution in [0.15, 0.2) is 35.3 Å². The number of methoxy groups -OCH3 is 1. The summed E-state index contributed by atoms with van der Waals surface area (Å²) in [6.07, 6.45) is 0.768. The van der Waals surface area contributed by atoms with Crippen LogP contribution in [0.1, 0.15) is 17.4 Å². The minimum Gasteiger partial charge on any atom is -0.504 e. The molecule has 0 amide bonds. The van der Waals surface area contributed by atoms with Crippen molar-refractivity contribution < 1.29 is 9.84 Å². The van der Waals surface area contributed by atoms with E-state index in [4.69, 9.17) is 16.3 Å². The molecule has 0 unspecified atom stereocenters. The third-order valence-electron chi connectivity index (χ3n) is 3.62. The quantitative estimate of drug-likeness (QED) is 0.331. The van der Waals surface area contributed by atoms with Crippen LogP contribution in [-0.4, -0.2) is 43.2 Å². The number of phenols is 1. The normalized spacial score (nSPS) is 11.0. The largest absolute Gasteiger partial charge is 0.504 e. The first-order chi connectivity index (χ1) is 12.0. The third kappa shape index (κ3) is 6.85. The predicted molar refractivity (Wildman–Crippen MR) is 121 cm³/mol. The molecule has 0 saturated carbocycles. The molecule has 0 fully saturated rings. The molecule has 0 atom stereocenters. The van der Waals surface area contributed by atoms with E-state index < -0.39 is 0 Å². The van der Waals surface area contributed by atoms with Crippen LogP contribution in [0.25, 0.3) is 0 Å². The number of rotatable bonds is 7. The topological polar surface area (TPSA) is 57.1 Å². The molecule has 8 heteroatoms. The Bertz CT molecular complexity index is 724. The first-order valence-electron chi connectivity index (χ1n) is 8.13. The number of nitrogens with zero attached hydrogens (tertiary/aromatic N) is 2. The number of thiophene rings is 1. The van der Waals surface area contributed by atoms with Crippen molar-refractivity contribution >= 4 is 52.9 Å². The molecule has 2 N–H and O–H groups in total. The van der Waals surface area contributed by atoms with E-state index in [-0.39, 0.29) is 29.7 Å². The van der Waals surface area contributed by atoms with Crippen LogP contribution in [0.3, 0.4) is 0 Å². The van der Waals surface area contributed by atoms with Crippen molar-refractivity contribution in [2.24, 2.45) is 4.99 Å². The van der Waals surface area contributed by atoms with Gasteiger partial charge in [-0.25, -0.2) is 0 Å². The average molecular weight is 510 g/mol. The lowest BCUT2D eigenvalue weighted by atomic mass is 10.1. The first-order valence-corrected chi connectivity index (χ1v) is 9.32. The highest BCUT2D eigenvalue weighted by Gasteiger charge is 2.08. The Morgan fingerprint density at radius 3 is 2.73 bits per heavy atom. The summed E-state index contributed by atoms with van der Waals surface area (Å²) in [5.41, 5.74) is 1.07. The molecule has 0 spiro atoms. The highest BCUT2D eigenvalue weighted by molar-refractivity contribution is 14.0. The molecule has 0 aliphatic heterocycles. The SMILES string of the molecule is CCNC(=NCCc1ccc(O)c(OC)c1)N(C)Cc1ccc(Cl)s1.I. The fourth-order valence-corrected chi connectivity index (χ4v) is 3.52. The Labute approximate surface area is 181 Å². The Hall–Kier alpha value is -1.19. The molecule has 0 radical (unpaired) electrons. The Balaban J connectivity index is 0.00000338. The van der Waals surface area contributed by atoms with E-state index >= 15 is 0 Å². The molecule has 0 aliphatic carbocycles. The number of ether oxygens (including phenoxy) is 1. The van der Waals surface area contributed by atoms with Crippen LogP contribution in [-0.2, 0) is 13.0 Å². The second-order valence-electron chi connectivity index (χ2n) is 5.55. The molecular weight excluding hydrogens is 485 g/mol. The molecule has 1 heterocycles. The van der Waals surface area contributed by atoms with E-state index in [1.54, 1.807) is 24.5 Å². The van der Waals surface area contributed by atoms with E-state index in [0.717, 1.165) is 35.4 Å². The van der Waals surface area contributed by atoms with Gasteiger partial charge in [-0.3, -0.25) is 4.99 Å². The van der Waals surface area contributed by atoms with Gasteiger partial charge in [-0.15, -0.1) is 35.3 Å². The number of aromatic hydroxyl groups is 1. The number of guanidine groups is 1. The number of phenolic OH excluding ortho intramolecular Hbond substituents is 1. The van der Waals surface area contributed by atoms with Gasteiger partial charge in [0.05, 0.1) is 18.0 Å². The maximum absolute atomic E-state index is 9.66. The van der Waals surface area contributed by atoms with Crippen LogP contribution in [0.2, 0.25) is 4.34 Å². The average Bonchev–Trinajstić information content (AvgIpc) is 3.00. The van der Waals surface area contributed by atoms with Crippen LogP contribution in [0, 0.1) is 0 Å². The third-order valence-corrected chi connectivity index (χ3v) is 4.84. The second kappa shape index (κ2) is 11.5. The minimum absolute atomic E-state index is 0. The van der Waals surface area contributed by atoms with E-state index in [1.165, 1.54) is 4.88 Å². The summed E-state index contributed by atoms with van der Waals surface area (Å²) >= 11 is 7.58. The highest BCUT2D eigenvalue weighted by Crippen LogP contribution is 2.26. The van der Waals surface area contributed by atoms with Gasteiger partial charge in [0, 0.05) is 25.0 Å². The molecule has 0 bridgehead atoms. The van der Waals surface area contributed by atoms with Crippen molar-refractivity contribution in [2.75, 3.05) is 27.2 Å². The van der Waals surface area contributed by atoms with Crippen molar-refractivity contribution in [1.82, 2.24) is 10.2 Å². The van der Waals surface area contributed by atoms with Crippen molar-refractivity contribution in [1.29, 1.82) is 0 Å². The molecule has 0 aliphatic rings. The van der Waals surface area contributed by atoms with Gasteiger partial charge in [0.2, 0.25) is 0 Å². The maximum atomic E-state index is 9.66. The van der Waals surface area contributed by atoms with Crippen molar-refractivity contribution in [3.8, 4) is 11.5 Å². The summed E-state index contributed by atoms with van der Waals surface area (Å²) in [4.78, 5) is 7.97. The summed E-state index contributed by atoms with van der Waals surface area (Å²) in [7, 11) is 3.56. The molecule has 1 aromatic carbocycles. The van der Waals surface area contributed by atoms with Crippen molar-refractivity contribution in [3.63, 3.8) is 0 Å². The van der Waals surface area contributed by atoms with Crippen molar-refractivity contribution in [3.05, 3.63) is 45.1 Å². The zero-order valence-corrected chi connectivity index (χ0v) is 19.1. The molecular formula is C18H25ClIN3O2S. The lowest BCUT2D eigenvalue weighted by molar-refractivity contribution is 0.373. The summed E-state index contributed by atoms with van der Waals surface area (Å²) in [5, 5.41) is 13.0. The lowest BCUT2D eigenvalue weighted by Gasteiger charge is -2.21. The zero-order chi connectivity index (χ0) is 18.2. The fourth-order valence-electron chi connectivity index (χ4n) is 2.38. The van der Waals surface area contributed by atoms with Crippen LogP contribution >= 0.6 is 46.9 Å². The molecule has 5 nitrogen and oxygen atoms in total. The van der Waals surface area contributed by atoms with E-state index in [0.29, 0.717) is 12.3 Å². The number of hydrogen-bond donors (Lipinski definition) is 2. The predicted octanol–water partition coefficient (Wildman–Crippen LogP) is 4.37. The number of nitrogens with one attached hydrogen (secondary N) is 1. The van der Waals surface area contributed by atoms with Gasteiger partial charge in [-0.05, 0) is 43.2 Å². The Morgan fingerprint density at radius 1 is 1.35 bits per heavy atom. The zero-order valence-electron chi connectivity index (χ0n) is 15.2. The number of aliphatic imine (C=N–C) groups is 1. The van der Waals surface area contributed by atoms with E-state index in [1.807, 2.05) is 31.3 Å². The van der Waals surface area contributed by atoms with Gasteiger partial charge in [0.25, 0.3) is 0 Å². The molecule has 2 rings (SSSR count). The first kappa shape index (κ1) is 22.9. The van der Waals surface area contributed by atoms with Crippen LogP contribution in [0.5, 0.6) is 11.5 Å². The Morgan fingerprint density at radius 2 is 2.12 bits per heavy atom. The van der Waals surface area contributed by atoms with Gasteiger partial charge < -0.3 is 20.1 Å². The maximum Gasteiger partial charge on any atom is 0.193 e. The molecule has 144 valence electrons. The number of halogens is 2. The van der Waals surface area contributed by atoms with Crippen LogP contribution < -0.4 is 10.1 Å². The van der Waals surface area contributed by atoms with E-state index in [2.05, 4.69) is 22.1 Å². The summed E-state index contributed by atoms with van der Waals surface area (Å²) in [6.45, 7) is 4.26. The monoisotopic (exact) mass is 509 g/mol. The standard InChI is InChI=1S/C18H24ClN3O2S.HI/c1-4-20-18(22(2)12-14-6-8-17(19)25-14)21-10-9-13-5-7-15(23)16(11-13)24-3;/h5-8,11,23H,4,9-10,12H2,1-3H3,(H,20,21);1H. The summed E-state index contributed by atoms with van der Waals surface area (Å²) < 4.78 is 5.94. The molecule has 0 saturated heterocycles. The van der Waals surface area contributed by atoms with Gasteiger partial charge in [0.1, 0.15) is 0 Å². The highest BCUT2D eigenvalue weighted by atomic mass is 127. The van der Waals surface area contributed by atoms with Gasteiger partial charge in [-0.2, -0.15) is 0 Å². The van der Waals surface area contributed by atoms with Crippen molar-refractivity contribution in [2.45, 2.75) is 19.9 Å². The summed E-state index contributed by atoms with van der Waals surface area (Å²) in [5.74, 6) is 1.50. The van der Waals surface area contributed by atoms with Gasteiger partial charge in [-0.1, -0.05) is 17.7 Å². The fraction of sp³-hybridized carbons (Fsp3) is 0.389. The number of benzene rings is 1. The van der Waals surface area contributed by atoms with Gasteiger partial charge in [0.15, 0.2) is 17.5 Å². The van der Waals surface area contributed by atoms with Crippen LogP contribution in [0.4, 0.5) is 0 Å². The second-order valence-corrected chi connectivity index (χ2v) is 7.35. The Kier molecular flexibility index (Phi) is 10.1.